The van der Waals surface area contributed by atoms with E-state index in [1.165, 1.54) is 4.57 Å². The highest BCUT2D eigenvalue weighted by atomic mass is 32.2. The van der Waals surface area contributed by atoms with Crippen molar-refractivity contribution >= 4 is 50.0 Å². The first-order valence-electron chi connectivity index (χ1n) is 9.24. The van der Waals surface area contributed by atoms with E-state index >= 15 is 0 Å². The molecule has 4 aromatic rings. The van der Waals surface area contributed by atoms with Gasteiger partial charge in [-0.3, -0.25) is 9.29 Å². The summed E-state index contributed by atoms with van der Waals surface area (Å²) in [4.78, 5) is 20.5. The lowest BCUT2D eigenvalue weighted by molar-refractivity contribution is 0.528. The van der Waals surface area contributed by atoms with Crippen LogP contribution < -0.4 is 21.1 Å². The molecular weight excluding hydrogens is 420 g/mol. The minimum absolute atomic E-state index is 0.285. The molecule has 0 aliphatic carbocycles. The number of rotatable bonds is 6. The Morgan fingerprint density at radius 1 is 1.06 bits per heavy atom. The standard InChI is InChI=1S/C20H20N6O4S/c1-12-11-21-19(23-14-6-4-5-7-15(14)25-31(3,28)29)24-18(12)22-13-8-9-17-16(10-13)26(2)20(27)30-17/h4-11,25H,1-3H3,(H2,21,22,23,24). The second-order valence-electron chi connectivity index (χ2n) is 7.00. The van der Waals surface area contributed by atoms with Crippen molar-refractivity contribution in [3.05, 3.63) is 64.8 Å². The van der Waals surface area contributed by atoms with Crippen LogP contribution in [0.15, 0.2) is 57.9 Å². The predicted molar refractivity (Wildman–Crippen MR) is 120 cm³/mol. The third kappa shape index (κ3) is 4.51. The van der Waals surface area contributed by atoms with Gasteiger partial charge >= 0.3 is 5.76 Å². The molecule has 2 aromatic heterocycles. The van der Waals surface area contributed by atoms with E-state index in [-0.39, 0.29) is 5.95 Å². The highest BCUT2D eigenvalue weighted by Gasteiger charge is 2.11. The molecule has 31 heavy (non-hydrogen) atoms. The van der Waals surface area contributed by atoms with Gasteiger partial charge in [-0.25, -0.2) is 18.2 Å². The maximum absolute atomic E-state index is 11.7. The molecule has 11 heteroatoms. The van der Waals surface area contributed by atoms with Crippen molar-refractivity contribution in [3.63, 3.8) is 0 Å². The van der Waals surface area contributed by atoms with Crippen LogP contribution in [0.4, 0.5) is 28.8 Å². The number of hydrogen-bond donors (Lipinski definition) is 3. The van der Waals surface area contributed by atoms with Crippen LogP contribution in [-0.4, -0.2) is 29.2 Å². The highest BCUT2D eigenvalue weighted by Crippen LogP contribution is 2.27. The first-order chi connectivity index (χ1) is 14.7. The first-order valence-corrected chi connectivity index (χ1v) is 11.1. The Morgan fingerprint density at radius 2 is 1.81 bits per heavy atom. The van der Waals surface area contributed by atoms with Crippen molar-refractivity contribution < 1.29 is 12.8 Å². The molecule has 3 N–H and O–H groups in total. The van der Waals surface area contributed by atoms with Crippen molar-refractivity contribution in [3.8, 4) is 0 Å². The molecule has 0 bridgehead atoms. The zero-order valence-electron chi connectivity index (χ0n) is 17.0. The number of oxazole rings is 1. The lowest BCUT2D eigenvalue weighted by atomic mass is 10.2. The Labute approximate surface area is 178 Å². The predicted octanol–water partition coefficient (Wildman–Crippen LogP) is 3.09. The molecule has 160 valence electrons. The molecule has 4 rings (SSSR count). The summed E-state index contributed by atoms with van der Waals surface area (Å²) in [5.41, 5.74) is 3.56. The summed E-state index contributed by atoms with van der Waals surface area (Å²) < 4.78 is 32.3. The summed E-state index contributed by atoms with van der Waals surface area (Å²) in [7, 11) is -1.81. The van der Waals surface area contributed by atoms with Crippen molar-refractivity contribution in [2.75, 3.05) is 21.6 Å². The summed E-state index contributed by atoms with van der Waals surface area (Å²) in [6.07, 6.45) is 2.73. The molecule has 0 atom stereocenters. The van der Waals surface area contributed by atoms with Crippen LogP contribution in [0.5, 0.6) is 0 Å². The van der Waals surface area contributed by atoms with E-state index in [1.807, 2.05) is 6.92 Å². The normalized spacial score (nSPS) is 11.5. The van der Waals surface area contributed by atoms with Gasteiger partial charge in [0.2, 0.25) is 16.0 Å². The van der Waals surface area contributed by atoms with Crippen molar-refractivity contribution in [2.24, 2.45) is 7.05 Å². The molecule has 0 fully saturated rings. The van der Waals surface area contributed by atoms with E-state index in [9.17, 15) is 13.2 Å². The number of nitrogens with one attached hydrogen (secondary N) is 3. The number of anilines is 5. The summed E-state index contributed by atoms with van der Waals surface area (Å²) >= 11 is 0. The number of hydrogen-bond acceptors (Lipinski definition) is 8. The second kappa shape index (κ2) is 7.76. The largest absolute Gasteiger partial charge is 0.419 e. The van der Waals surface area contributed by atoms with Gasteiger partial charge in [0.1, 0.15) is 5.82 Å². The minimum atomic E-state index is -3.44. The van der Waals surface area contributed by atoms with Gasteiger partial charge in [0.15, 0.2) is 5.58 Å². The van der Waals surface area contributed by atoms with Crippen LogP contribution in [0, 0.1) is 6.92 Å². The van der Waals surface area contributed by atoms with E-state index in [0.29, 0.717) is 28.3 Å². The van der Waals surface area contributed by atoms with Crippen LogP contribution in [-0.2, 0) is 17.1 Å². The molecule has 0 amide bonds. The first kappa shape index (κ1) is 20.4. The Bertz CT molecular complexity index is 1440. The smallest absolute Gasteiger partial charge is 0.408 e. The molecule has 2 aromatic carbocycles. The Morgan fingerprint density at radius 3 is 2.55 bits per heavy atom. The number of benzene rings is 2. The maximum Gasteiger partial charge on any atom is 0.419 e. The van der Waals surface area contributed by atoms with Gasteiger partial charge < -0.3 is 15.1 Å². The number of aromatic nitrogens is 3. The fraction of sp³-hybridized carbons (Fsp3) is 0.150. The molecule has 2 heterocycles. The van der Waals surface area contributed by atoms with Gasteiger partial charge in [0.05, 0.1) is 23.1 Å². The summed E-state index contributed by atoms with van der Waals surface area (Å²) in [6.45, 7) is 1.86. The molecular formula is C20H20N6O4S. The molecule has 10 nitrogen and oxygen atoms in total. The molecule has 0 saturated carbocycles. The number of para-hydroxylation sites is 2. The third-order valence-electron chi connectivity index (χ3n) is 4.49. The molecule has 0 saturated heterocycles. The lowest BCUT2D eigenvalue weighted by Gasteiger charge is -2.14. The fourth-order valence-corrected chi connectivity index (χ4v) is 3.55. The average Bonchev–Trinajstić information content (AvgIpc) is 2.99. The van der Waals surface area contributed by atoms with Crippen LogP contribution >= 0.6 is 0 Å². The summed E-state index contributed by atoms with van der Waals surface area (Å²) in [5, 5.41) is 6.26. The fourth-order valence-electron chi connectivity index (χ4n) is 2.97. The Hall–Kier alpha value is -3.86. The van der Waals surface area contributed by atoms with Gasteiger partial charge in [0, 0.05) is 24.5 Å². The van der Waals surface area contributed by atoms with Gasteiger partial charge in [-0.15, -0.1) is 0 Å². The maximum atomic E-state index is 11.7. The zero-order valence-corrected chi connectivity index (χ0v) is 17.8. The number of aryl methyl sites for hydroxylation is 2. The monoisotopic (exact) mass is 440 g/mol. The van der Waals surface area contributed by atoms with E-state index < -0.39 is 15.8 Å². The molecule has 0 aliphatic rings. The van der Waals surface area contributed by atoms with E-state index in [1.54, 1.807) is 55.7 Å². The molecule has 0 aliphatic heterocycles. The second-order valence-corrected chi connectivity index (χ2v) is 8.75. The minimum Gasteiger partial charge on any atom is -0.408 e. The Balaban J connectivity index is 1.63. The summed E-state index contributed by atoms with van der Waals surface area (Å²) in [6, 6.07) is 12.1. The summed E-state index contributed by atoms with van der Waals surface area (Å²) in [5.74, 6) is 0.407. The topological polar surface area (TPSA) is 131 Å². The number of sulfonamides is 1. The number of nitrogens with zero attached hydrogens (tertiary/aromatic N) is 3. The highest BCUT2D eigenvalue weighted by molar-refractivity contribution is 7.92. The quantitative estimate of drug-likeness (QED) is 0.417. The van der Waals surface area contributed by atoms with Gasteiger partial charge in [-0.05, 0) is 37.3 Å². The van der Waals surface area contributed by atoms with Crippen LogP contribution in [0.2, 0.25) is 0 Å². The van der Waals surface area contributed by atoms with Gasteiger partial charge in [-0.1, -0.05) is 12.1 Å². The van der Waals surface area contributed by atoms with E-state index in [0.717, 1.165) is 17.5 Å². The van der Waals surface area contributed by atoms with Gasteiger partial charge in [-0.2, -0.15) is 4.98 Å². The lowest BCUT2D eigenvalue weighted by Crippen LogP contribution is -2.11. The number of fused-ring (bicyclic) bond motifs is 1. The van der Waals surface area contributed by atoms with Crippen molar-refractivity contribution in [1.82, 2.24) is 14.5 Å². The molecule has 0 spiro atoms. The van der Waals surface area contributed by atoms with Gasteiger partial charge in [0.25, 0.3) is 0 Å². The van der Waals surface area contributed by atoms with E-state index in [2.05, 4.69) is 25.3 Å². The SMILES string of the molecule is Cc1cnc(Nc2ccccc2NS(C)(=O)=O)nc1Nc1ccc2oc(=O)n(C)c2c1. The van der Waals surface area contributed by atoms with Crippen molar-refractivity contribution in [1.29, 1.82) is 0 Å². The van der Waals surface area contributed by atoms with Crippen molar-refractivity contribution in [2.45, 2.75) is 6.92 Å². The molecule has 0 unspecified atom stereocenters. The Kier molecular flexibility index (Phi) is 5.11. The zero-order chi connectivity index (χ0) is 22.2. The van der Waals surface area contributed by atoms with Crippen LogP contribution in [0.3, 0.4) is 0 Å². The van der Waals surface area contributed by atoms with Crippen LogP contribution in [0.1, 0.15) is 5.56 Å². The van der Waals surface area contributed by atoms with E-state index in [4.69, 9.17) is 4.42 Å². The van der Waals surface area contributed by atoms with Crippen LogP contribution in [0.25, 0.3) is 11.1 Å². The average molecular weight is 440 g/mol. The third-order valence-corrected chi connectivity index (χ3v) is 5.09. The molecule has 0 radical (unpaired) electrons.